The number of likely N-dealkylation sites (tertiary alicyclic amines) is 1. The Bertz CT molecular complexity index is 521. The summed E-state index contributed by atoms with van der Waals surface area (Å²) in [4.78, 5) is 15.6. The van der Waals surface area contributed by atoms with Gasteiger partial charge in [0.2, 0.25) is 0 Å². The average molecular weight is 339 g/mol. The monoisotopic (exact) mass is 338 g/mol. The van der Waals surface area contributed by atoms with E-state index in [2.05, 4.69) is 30.6 Å². The summed E-state index contributed by atoms with van der Waals surface area (Å²) in [5.41, 5.74) is 0.927. The quantitative estimate of drug-likeness (QED) is 0.869. The van der Waals surface area contributed by atoms with E-state index in [0.717, 1.165) is 32.4 Å². The number of carbonyl (C=O) groups excluding carboxylic acids is 1. The number of aryl methyl sites for hydroxylation is 1. The van der Waals surface area contributed by atoms with E-state index in [1.54, 1.807) is 11.3 Å². The molecule has 0 aromatic carbocycles. The predicted octanol–water partition coefficient (Wildman–Crippen LogP) is 4.32. The first-order chi connectivity index (χ1) is 10.8. The largest absolute Gasteiger partial charge is 0.444 e. The summed E-state index contributed by atoms with van der Waals surface area (Å²) in [6.07, 6.45) is 2.95. The molecule has 5 heteroatoms. The van der Waals surface area contributed by atoms with Gasteiger partial charge in [-0.25, -0.2) is 4.79 Å². The Kier molecular flexibility index (Phi) is 6.09. The molecule has 2 rings (SSSR count). The van der Waals surface area contributed by atoms with Crippen LogP contribution < -0.4 is 5.32 Å². The van der Waals surface area contributed by atoms with E-state index in [4.69, 9.17) is 4.74 Å². The molecule has 1 aromatic rings. The SMILES string of the molecule is Cc1ccsc1CNC(C)CC1CCCN1C(=O)OC(C)(C)C. The van der Waals surface area contributed by atoms with Crippen LogP contribution in [0.3, 0.4) is 0 Å². The third-order valence-corrected chi connectivity index (χ3v) is 5.23. The van der Waals surface area contributed by atoms with Crippen LogP contribution in [-0.2, 0) is 11.3 Å². The van der Waals surface area contributed by atoms with Crippen LogP contribution in [0.4, 0.5) is 4.79 Å². The predicted molar refractivity (Wildman–Crippen MR) is 95.9 cm³/mol. The highest BCUT2D eigenvalue weighted by Crippen LogP contribution is 2.24. The van der Waals surface area contributed by atoms with Gasteiger partial charge in [0.05, 0.1) is 0 Å². The molecule has 2 atom stereocenters. The number of rotatable bonds is 5. The summed E-state index contributed by atoms with van der Waals surface area (Å²) in [6, 6.07) is 2.83. The lowest BCUT2D eigenvalue weighted by Crippen LogP contribution is -2.42. The molecule has 1 aliphatic rings. The van der Waals surface area contributed by atoms with Crippen LogP contribution in [0.1, 0.15) is 57.4 Å². The van der Waals surface area contributed by atoms with Crippen LogP contribution >= 0.6 is 11.3 Å². The van der Waals surface area contributed by atoms with Gasteiger partial charge in [-0.3, -0.25) is 0 Å². The molecular weight excluding hydrogens is 308 g/mol. The molecule has 0 bridgehead atoms. The highest BCUT2D eigenvalue weighted by molar-refractivity contribution is 7.10. The van der Waals surface area contributed by atoms with E-state index in [-0.39, 0.29) is 12.1 Å². The molecule has 2 unspecified atom stereocenters. The Balaban J connectivity index is 1.83. The molecule has 1 aromatic heterocycles. The fourth-order valence-corrected chi connectivity index (χ4v) is 3.84. The second-order valence-electron chi connectivity index (χ2n) is 7.51. The van der Waals surface area contributed by atoms with Gasteiger partial charge in [-0.1, -0.05) is 0 Å². The topological polar surface area (TPSA) is 41.6 Å². The van der Waals surface area contributed by atoms with Gasteiger partial charge in [0, 0.05) is 30.1 Å². The van der Waals surface area contributed by atoms with Crippen molar-refractivity contribution in [1.29, 1.82) is 0 Å². The summed E-state index contributed by atoms with van der Waals surface area (Å²) in [5.74, 6) is 0. The average Bonchev–Trinajstić information content (AvgIpc) is 3.03. The zero-order valence-corrected chi connectivity index (χ0v) is 15.8. The van der Waals surface area contributed by atoms with Gasteiger partial charge in [0.1, 0.15) is 5.60 Å². The van der Waals surface area contributed by atoms with E-state index in [1.807, 2.05) is 25.7 Å². The molecule has 0 spiro atoms. The normalized spacial score (nSPS) is 19.9. The Morgan fingerprint density at radius 1 is 1.52 bits per heavy atom. The number of hydrogen-bond donors (Lipinski definition) is 1. The van der Waals surface area contributed by atoms with Crippen molar-refractivity contribution in [3.63, 3.8) is 0 Å². The first-order valence-electron chi connectivity index (χ1n) is 8.52. The van der Waals surface area contributed by atoms with Crippen molar-refractivity contribution in [3.8, 4) is 0 Å². The number of carbonyl (C=O) groups is 1. The van der Waals surface area contributed by atoms with Crippen LogP contribution in [0.15, 0.2) is 11.4 Å². The van der Waals surface area contributed by atoms with E-state index in [9.17, 15) is 4.79 Å². The van der Waals surface area contributed by atoms with Crippen molar-refractivity contribution >= 4 is 17.4 Å². The molecule has 0 aliphatic carbocycles. The van der Waals surface area contributed by atoms with Crippen LogP contribution in [-0.4, -0.2) is 35.2 Å². The fraction of sp³-hybridized carbons (Fsp3) is 0.722. The Labute approximate surface area is 144 Å². The molecule has 1 N–H and O–H groups in total. The van der Waals surface area contributed by atoms with E-state index < -0.39 is 5.60 Å². The summed E-state index contributed by atoms with van der Waals surface area (Å²) in [7, 11) is 0. The lowest BCUT2D eigenvalue weighted by atomic mass is 10.1. The number of nitrogens with one attached hydrogen (secondary N) is 1. The van der Waals surface area contributed by atoms with E-state index >= 15 is 0 Å². The minimum Gasteiger partial charge on any atom is -0.444 e. The standard InChI is InChI=1S/C18H30N2O2S/c1-13-8-10-23-16(13)12-19-14(2)11-15-7-6-9-20(15)17(21)22-18(3,4)5/h8,10,14-15,19H,6-7,9,11-12H2,1-5H3. The van der Waals surface area contributed by atoms with Gasteiger partial charge >= 0.3 is 6.09 Å². The number of ether oxygens (including phenoxy) is 1. The molecule has 2 heterocycles. The molecule has 1 saturated heterocycles. The first kappa shape index (κ1) is 18.3. The molecule has 1 aliphatic heterocycles. The lowest BCUT2D eigenvalue weighted by molar-refractivity contribution is 0.0214. The second-order valence-corrected chi connectivity index (χ2v) is 8.51. The van der Waals surface area contributed by atoms with Crippen molar-refractivity contribution < 1.29 is 9.53 Å². The van der Waals surface area contributed by atoms with Crippen molar-refractivity contribution in [2.24, 2.45) is 0 Å². The zero-order chi connectivity index (χ0) is 17.0. The summed E-state index contributed by atoms with van der Waals surface area (Å²) in [5, 5.41) is 5.73. The third kappa shape index (κ3) is 5.50. The molecule has 0 radical (unpaired) electrons. The molecule has 1 fully saturated rings. The Morgan fingerprint density at radius 2 is 2.26 bits per heavy atom. The second kappa shape index (κ2) is 7.67. The van der Waals surface area contributed by atoms with Gasteiger partial charge in [-0.05, 0) is 70.9 Å². The molecule has 4 nitrogen and oxygen atoms in total. The minimum atomic E-state index is -0.426. The number of hydrogen-bond acceptors (Lipinski definition) is 4. The third-order valence-electron chi connectivity index (χ3n) is 4.21. The summed E-state index contributed by atoms with van der Waals surface area (Å²) in [6.45, 7) is 11.8. The molecule has 130 valence electrons. The fourth-order valence-electron chi connectivity index (χ4n) is 2.99. The zero-order valence-electron chi connectivity index (χ0n) is 15.0. The van der Waals surface area contributed by atoms with Crippen LogP contribution in [0.25, 0.3) is 0 Å². The maximum atomic E-state index is 12.3. The van der Waals surface area contributed by atoms with Gasteiger partial charge in [0.25, 0.3) is 0 Å². The lowest BCUT2D eigenvalue weighted by Gasteiger charge is -2.30. The molecule has 0 saturated carbocycles. The first-order valence-corrected chi connectivity index (χ1v) is 9.40. The Morgan fingerprint density at radius 3 is 2.87 bits per heavy atom. The number of thiophene rings is 1. The molecule has 23 heavy (non-hydrogen) atoms. The maximum absolute atomic E-state index is 12.3. The maximum Gasteiger partial charge on any atom is 0.410 e. The summed E-state index contributed by atoms with van der Waals surface area (Å²) >= 11 is 1.80. The number of nitrogens with zero attached hydrogens (tertiary/aromatic N) is 1. The van der Waals surface area contributed by atoms with Gasteiger partial charge in [0.15, 0.2) is 0 Å². The minimum absolute atomic E-state index is 0.165. The molecule has 1 amide bonds. The number of amides is 1. The highest BCUT2D eigenvalue weighted by Gasteiger charge is 2.32. The Hall–Kier alpha value is -1.07. The van der Waals surface area contributed by atoms with Crippen LogP contribution in [0, 0.1) is 6.92 Å². The van der Waals surface area contributed by atoms with E-state index in [0.29, 0.717) is 6.04 Å². The van der Waals surface area contributed by atoms with Crippen LogP contribution in [0.5, 0.6) is 0 Å². The highest BCUT2D eigenvalue weighted by atomic mass is 32.1. The molecular formula is C18H30N2O2S. The smallest absolute Gasteiger partial charge is 0.410 e. The van der Waals surface area contributed by atoms with Crippen LogP contribution in [0.2, 0.25) is 0 Å². The van der Waals surface area contributed by atoms with Crippen molar-refractivity contribution in [2.75, 3.05) is 6.54 Å². The van der Waals surface area contributed by atoms with Crippen molar-refractivity contribution in [2.45, 2.75) is 78.1 Å². The van der Waals surface area contributed by atoms with Crippen molar-refractivity contribution in [1.82, 2.24) is 10.2 Å². The van der Waals surface area contributed by atoms with E-state index in [1.165, 1.54) is 10.4 Å². The van der Waals surface area contributed by atoms with Gasteiger partial charge in [-0.2, -0.15) is 0 Å². The van der Waals surface area contributed by atoms with Gasteiger partial charge < -0.3 is 15.0 Å². The van der Waals surface area contributed by atoms with Crippen molar-refractivity contribution in [3.05, 3.63) is 21.9 Å². The summed E-state index contributed by atoms with van der Waals surface area (Å²) < 4.78 is 5.54. The van der Waals surface area contributed by atoms with Gasteiger partial charge in [-0.15, -0.1) is 11.3 Å².